The first-order valence-corrected chi connectivity index (χ1v) is 7.61. The van der Waals surface area contributed by atoms with E-state index in [0.717, 1.165) is 11.3 Å². The summed E-state index contributed by atoms with van der Waals surface area (Å²) in [5.41, 5.74) is 7.54. The van der Waals surface area contributed by atoms with E-state index in [1.165, 1.54) is 0 Å². The highest BCUT2D eigenvalue weighted by Crippen LogP contribution is 2.33. The third-order valence-electron chi connectivity index (χ3n) is 2.70. The number of carbonyl (C=O) groups excluding carboxylic acids is 1. The van der Waals surface area contributed by atoms with Gasteiger partial charge in [-0.25, -0.2) is 4.79 Å². The third kappa shape index (κ3) is 4.37. The number of carbonyl (C=O) groups is 1. The fourth-order valence-electron chi connectivity index (χ4n) is 1.77. The number of aromatic hydroxyl groups is 1. The van der Waals surface area contributed by atoms with Crippen LogP contribution in [0.3, 0.4) is 0 Å². The third-order valence-corrected chi connectivity index (χ3v) is 3.91. The number of nitrogens with one attached hydrogen (secondary N) is 2. The summed E-state index contributed by atoms with van der Waals surface area (Å²) in [5, 5.41) is 15.4. The van der Waals surface area contributed by atoms with Gasteiger partial charge in [-0.05, 0) is 67.8 Å². The lowest BCUT2D eigenvalue weighted by molar-refractivity contribution is 0.259. The van der Waals surface area contributed by atoms with Crippen LogP contribution in [-0.2, 0) is 6.54 Å². The monoisotopic (exact) mass is 413 g/mol. The molecule has 0 atom stereocenters. The lowest BCUT2D eigenvalue weighted by atomic mass is 10.2. The van der Waals surface area contributed by atoms with Gasteiger partial charge in [-0.15, -0.1) is 0 Å². The molecule has 0 aliphatic carbocycles. The van der Waals surface area contributed by atoms with E-state index in [-0.39, 0.29) is 5.75 Å². The van der Waals surface area contributed by atoms with Crippen LogP contribution in [-0.4, -0.2) is 11.1 Å². The zero-order chi connectivity index (χ0) is 15.4. The molecule has 0 saturated carbocycles. The van der Waals surface area contributed by atoms with E-state index in [9.17, 15) is 9.90 Å². The maximum absolute atomic E-state index is 10.8. The average Bonchev–Trinajstić information content (AvgIpc) is 2.42. The number of benzene rings is 2. The molecule has 110 valence electrons. The molecule has 21 heavy (non-hydrogen) atoms. The van der Waals surface area contributed by atoms with Crippen molar-refractivity contribution in [2.45, 2.75) is 6.54 Å². The smallest absolute Gasteiger partial charge is 0.316 e. The molecule has 0 bridgehead atoms. The summed E-state index contributed by atoms with van der Waals surface area (Å²) in [4.78, 5) is 10.8. The molecular weight excluding hydrogens is 402 g/mol. The molecule has 0 aromatic heterocycles. The number of nitrogens with two attached hydrogens (primary N) is 1. The second-order valence-corrected chi connectivity index (χ2v) is 6.04. The van der Waals surface area contributed by atoms with E-state index in [0.29, 0.717) is 21.2 Å². The highest BCUT2D eigenvalue weighted by atomic mass is 79.9. The molecule has 2 aromatic rings. The Morgan fingerprint density at radius 1 is 1.14 bits per heavy atom. The molecule has 0 aliphatic rings. The second-order valence-electron chi connectivity index (χ2n) is 4.33. The topological polar surface area (TPSA) is 87.4 Å². The second kappa shape index (κ2) is 6.82. The number of rotatable bonds is 4. The molecule has 0 unspecified atom stereocenters. The quantitative estimate of drug-likeness (QED) is 0.609. The average molecular weight is 415 g/mol. The Morgan fingerprint density at radius 2 is 1.76 bits per heavy atom. The number of anilines is 2. The highest BCUT2D eigenvalue weighted by molar-refractivity contribution is 9.11. The minimum Gasteiger partial charge on any atom is -0.506 e. The van der Waals surface area contributed by atoms with E-state index in [2.05, 4.69) is 42.5 Å². The Hall–Kier alpha value is -1.73. The molecule has 5 nitrogen and oxygen atoms in total. The Kier molecular flexibility index (Phi) is 5.08. The molecule has 5 N–H and O–H groups in total. The van der Waals surface area contributed by atoms with Gasteiger partial charge in [-0.2, -0.15) is 0 Å². The molecule has 0 spiro atoms. The van der Waals surface area contributed by atoms with Crippen LogP contribution in [0.25, 0.3) is 0 Å². The first-order chi connectivity index (χ1) is 9.95. The van der Waals surface area contributed by atoms with Gasteiger partial charge in [0.15, 0.2) is 0 Å². The molecule has 0 fully saturated rings. The van der Waals surface area contributed by atoms with Crippen molar-refractivity contribution in [1.29, 1.82) is 0 Å². The van der Waals surface area contributed by atoms with Gasteiger partial charge in [0.1, 0.15) is 5.75 Å². The zero-order valence-electron chi connectivity index (χ0n) is 10.9. The van der Waals surface area contributed by atoms with Crippen molar-refractivity contribution in [3.05, 3.63) is 50.9 Å². The van der Waals surface area contributed by atoms with Crippen molar-refractivity contribution < 1.29 is 9.90 Å². The summed E-state index contributed by atoms with van der Waals surface area (Å²) in [6, 6.07) is 10.3. The van der Waals surface area contributed by atoms with E-state index >= 15 is 0 Å². The Balaban J connectivity index is 2.08. The van der Waals surface area contributed by atoms with Gasteiger partial charge >= 0.3 is 6.03 Å². The Labute approximate surface area is 138 Å². The van der Waals surface area contributed by atoms with Gasteiger partial charge in [0.2, 0.25) is 0 Å². The largest absolute Gasteiger partial charge is 0.506 e. The molecule has 0 heterocycles. The van der Waals surface area contributed by atoms with Gasteiger partial charge in [0.05, 0.1) is 8.95 Å². The van der Waals surface area contributed by atoms with Crippen LogP contribution in [0.15, 0.2) is 45.3 Å². The van der Waals surface area contributed by atoms with Crippen molar-refractivity contribution >= 4 is 49.3 Å². The van der Waals surface area contributed by atoms with Crippen molar-refractivity contribution in [3.8, 4) is 5.75 Å². The van der Waals surface area contributed by atoms with Crippen LogP contribution < -0.4 is 16.4 Å². The van der Waals surface area contributed by atoms with Crippen molar-refractivity contribution in [1.82, 2.24) is 0 Å². The van der Waals surface area contributed by atoms with Crippen LogP contribution in [0.4, 0.5) is 16.2 Å². The van der Waals surface area contributed by atoms with Gasteiger partial charge in [-0.1, -0.05) is 6.07 Å². The molecule has 2 amide bonds. The van der Waals surface area contributed by atoms with Crippen LogP contribution in [0.2, 0.25) is 0 Å². The SMILES string of the molecule is NC(=O)Nc1cccc(NCc2cc(Br)c(O)c(Br)c2)c1. The lowest BCUT2D eigenvalue weighted by Crippen LogP contribution is -2.19. The number of phenols is 1. The number of hydrogen-bond acceptors (Lipinski definition) is 3. The summed E-state index contributed by atoms with van der Waals surface area (Å²) < 4.78 is 1.25. The number of primary amides is 1. The first kappa shape index (κ1) is 15.7. The Bertz CT molecular complexity index is 654. The predicted octanol–water partition coefficient (Wildman–Crippen LogP) is 4.02. The van der Waals surface area contributed by atoms with Gasteiger partial charge in [0, 0.05) is 17.9 Å². The molecule has 7 heteroatoms. The predicted molar refractivity (Wildman–Crippen MR) is 90.5 cm³/mol. The lowest BCUT2D eigenvalue weighted by Gasteiger charge is -2.10. The number of halogens is 2. The normalized spacial score (nSPS) is 10.2. The minimum absolute atomic E-state index is 0.173. The molecular formula is C14H13Br2N3O2. The number of amides is 2. The van der Waals surface area contributed by atoms with E-state index in [4.69, 9.17) is 5.73 Å². The first-order valence-electron chi connectivity index (χ1n) is 6.03. The maximum atomic E-state index is 10.8. The van der Waals surface area contributed by atoms with Gasteiger partial charge in [-0.3, -0.25) is 0 Å². The number of urea groups is 1. The van der Waals surface area contributed by atoms with Crippen LogP contribution in [0, 0.1) is 0 Å². The standard InChI is InChI=1S/C14H13Br2N3O2/c15-11-4-8(5-12(16)13(11)20)7-18-9-2-1-3-10(6-9)19-14(17)21/h1-6,18,20H,7H2,(H3,17,19,21). The molecule has 2 aromatic carbocycles. The highest BCUT2D eigenvalue weighted by Gasteiger charge is 2.06. The van der Waals surface area contributed by atoms with E-state index in [1.807, 2.05) is 24.3 Å². The van der Waals surface area contributed by atoms with Gasteiger partial charge < -0.3 is 21.5 Å². The van der Waals surface area contributed by atoms with Crippen LogP contribution >= 0.6 is 31.9 Å². The minimum atomic E-state index is -0.599. The Morgan fingerprint density at radius 3 is 2.38 bits per heavy atom. The fourth-order valence-corrected chi connectivity index (χ4v) is 3.05. The van der Waals surface area contributed by atoms with Crippen molar-refractivity contribution in [2.75, 3.05) is 10.6 Å². The van der Waals surface area contributed by atoms with Crippen LogP contribution in [0.1, 0.15) is 5.56 Å². The summed E-state index contributed by atoms with van der Waals surface area (Å²) in [6.07, 6.45) is 0. The number of hydrogen-bond donors (Lipinski definition) is 4. The fraction of sp³-hybridized carbons (Fsp3) is 0.0714. The van der Waals surface area contributed by atoms with Gasteiger partial charge in [0.25, 0.3) is 0 Å². The maximum Gasteiger partial charge on any atom is 0.316 e. The van der Waals surface area contributed by atoms with E-state index < -0.39 is 6.03 Å². The summed E-state index contributed by atoms with van der Waals surface area (Å²) in [6.45, 7) is 0.567. The number of phenolic OH excluding ortho intramolecular Hbond substituents is 1. The molecule has 0 saturated heterocycles. The van der Waals surface area contributed by atoms with Crippen molar-refractivity contribution in [2.24, 2.45) is 5.73 Å². The van der Waals surface area contributed by atoms with Crippen LogP contribution in [0.5, 0.6) is 5.75 Å². The molecule has 2 rings (SSSR count). The summed E-state index contributed by atoms with van der Waals surface area (Å²) >= 11 is 6.59. The zero-order valence-corrected chi connectivity index (χ0v) is 14.0. The summed E-state index contributed by atoms with van der Waals surface area (Å²) in [5.74, 6) is 0.173. The molecule has 0 radical (unpaired) electrons. The molecule has 0 aliphatic heterocycles. The summed E-state index contributed by atoms with van der Waals surface area (Å²) in [7, 11) is 0. The van der Waals surface area contributed by atoms with Crippen molar-refractivity contribution in [3.63, 3.8) is 0 Å². The van der Waals surface area contributed by atoms with E-state index in [1.54, 1.807) is 12.1 Å².